The molecule has 5 rings (SSSR count). The molecule has 3 aliphatic rings. The topological polar surface area (TPSA) is 97.4 Å². The Morgan fingerprint density at radius 1 is 0.970 bits per heavy atom. The van der Waals surface area contributed by atoms with Gasteiger partial charge in [0.15, 0.2) is 0 Å². The number of nitro benzene ring substituents is 1. The molecule has 1 amide bonds. The number of piperidine rings is 2. The minimum absolute atomic E-state index is 0.0155. The maximum Gasteiger partial charge on any atom is 0.292 e. The van der Waals surface area contributed by atoms with Crippen LogP contribution in [-0.2, 0) is 17.8 Å². The Balaban J connectivity index is 1.22. The second-order valence-corrected chi connectivity index (χ2v) is 9.57. The standard InChI is InChI=1S/C24H32N6O3/c31-24(18-11-15-27(16-12-18)20-8-3-4-9-21(20)30(32)33)28-13-6-7-19(17-28)23-26-25-22-10-2-1-5-14-29(22)23/h3-4,8-9,18-19H,1-2,5-7,10-17H2. The number of anilines is 1. The van der Waals surface area contributed by atoms with Crippen LogP contribution in [0.25, 0.3) is 0 Å². The minimum atomic E-state index is -0.328. The van der Waals surface area contributed by atoms with Gasteiger partial charge < -0.3 is 14.4 Å². The van der Waals surface area contributed by atoms with Crippen molar-refractivity contribution in [2.24, 2.45) is 5.92 Å². The third-order valence-electron chi connectivity index (χ3n) is 7.50. The molecule has 2 saturated heterocycles. The van der Waals surface area contributed by atoms with Crippen molar-refractivity contribution in [3.8, 4) is 0 Å². The first-order valence-electron chi connectivity index (χ1n) is 12.3. The molecule has 4 heterocycles. The fourth-order valence-corrected chi connectivity index (χ4v) is 5.71. The molecule has 9 nitrogen and oxygen atoms in total. The number of amides is 1. The second-order valence-electron chi connectivity index (χ2n) is 9.57. The summed E-state index contributed by atoms with van der Waals surface area (Å²) in [5.74, 6) is 2.65. The number of benzene rings is 1. The number of nitrogens with zero attached hydrogens (tertiary/aromatic N) is 6. The normalized spacial score (nSPS) is 22.0. The Bertz CT molecular complexity index is 1010. The maximum absolute atomic E-state index is 13.4. The molecule has 9 heteroatoms. The summed E-state index contributed by atoms with van der Waals surface area (Å²) in [7, 11) is 0. The van der Waals surface area contributed by atoms with Crippen LogP contribution in [0.1, 0.15) is 62.5 Å². The van der Waals surface area contributed by atoms with Crippen LogP contribution in [0, 0.1) is 16.0 Å². The first-order chi connectivity index (χ1) is 16.1. The number of fused-ring (bicyclic) bond motifs is 1. The first-order valence-corrected chi connectivity index (χ1v) is 12.3. The Morgan fingerprint density at radius 2 is 1.79 bits per heavy atom. The van der Waals surface area contributed by atoms with Gasteiger partial charge in [-0.15, -0.1) is 10.2 Å². The highest BCUT2D eigenvalue weighted by atomic mass is 16.6. The molecule has 2 aromatic rings. The van der Waals surface area contributed by atoms with E-state index in [9.17, 15) is 14.9 Å². The molecule has 0 N–H and O–H groups in total. The fourth-order valence-electron chi connectivity index (χ4n) is 5.71. The van der Waals surface area contributed by atoms with Crippen molar-refractivity contribution in [1.82, 2.24) is 19.7 Å². The summed E-state index contributed by atoms with van der Waals surface area (Å²) in [5.41, 5.74) is 0.785. The molecule has 0 saturated carbocycles. The first kappa shape index (κ1) is 21.9. The van der Waals surface area contributed by atoms with E-state index in [1.54, 1.807) is 18.2 Å². The number of hydrogen-bond donors (Lipinski definition) is 0. The SMILES string of the molecule is O=C(C1CCN(c2ccccc2[N+](=O)[O-])CC1)N1CCCC(c2nnc3n2CCCCC3)C1. The zero-order chi connectivity index (χ0) is 22.8. The summed E-state index contributed by atoms with van der Waals surface area (Å²) in [6.45, 7) is 3.85. The smallest absolute Gasteiger partial charge is 0.292 e. The molecule has 33 heavy (non-hydrogen) atoms. The Morgan fingerprint density at radius 3 is 2.61 bits per heavy atom. The van der Waals surface area contributed by atoms with Gasteiger partial charge in [-0.05, 0) is 44.6 Å². The molecule has 176 valence electrons. The molecule has 1 aromatic heterocycles. The number of aryl methyl sites for hydroxylation is 1. The van der Waals surface area contributed by atoms with Gasteiger partial charge in [-0.25, -0.2) is 0 Å². The van der Waals surface area contributed by atoms with Crippen LogP contribution in [0.15, 0.2) is 24.3 Å². The van der Waals surface area contributed by atoms with Crippen LogP contribution in [0.2, 0.25) is 0 Å². The molecular weight excluding hydrogens is 420 g/mol. The number of para-hydroxylation sites is 2. The Kier molecular flexibility index (Phi) is 6.28. The number of carbonyl (C=O) groups excluding carboxylic acids is 1. The van der Waals surface area contributed by atoms with Gasteiger partial charge in [-0.3, -0.25) is 14.9 Å². The third kappa shape index (κ3) is 4.45. The molecule has 1 atom stereocenters. The van der Waals surface area contributed by atoms with E-state index in [2.05, 4.69) is 14.8 Å². The fraction of sp³-hybridized carbons (Fsp3) is 0.625. The molecule has 1 aromatic carbocycles. The number of rotatable bonds is 4. The number of nitro groups is 1. The van der Waals surface area contributed by atoms with Crippen LogP contribution in [-0.4, -0.2) is 56.7 Å². The summed E-state index contributed by atoms with van der Waals surface area (Å²) in [4.78, 5) is 28.5. The summed E-state index contributed by atoms with van der Waals surface area (Å²) in [6, 6.07) is 6.88. The highest BCUT2D eigenvalue weighted by Gasteiger charge is 2.34. The molecule has 2 fully saturated rings. The van der Waals surface area contributed by atoms with Crippen LogP contribution in [0.3, 0.4) is 0 Å². The molecule has 1 unspecified atom stereocenters. The minimum Gasteiger partial charge on any atom is -0.366 e. The van der Waals surface area contributed by atoms with Gasteiger partial charge in [0.2, 0.25) is 5.91 Å². The van der Waals surface area contributed by atoms with E-state index in [-0.39, 0.29) is 28.4 Å². The zero-order valence-corrected chi connectivity index (χ0v) is 19.1. The van der Waals surface area contributed by atoms with Crippen LogP contribution in [0.5, 0.6) is 0 Å². The van der Waals surface area contributed by atoms with E-state index in [0.29, 0.717) is 18.8 Å². The molecular formula is C24H32N6O3. The van der Waals surface area contributed by atoms with Crippen molar-refractivity contribution in [2.75, 3.05) is 31.1 Å². The van der Waals surface area contributed by atoms with E-state index in [1.165, 1.54) is 19.3 Å². The Labute approximate surface area is 193 Å². The lowest BCUT2D eigenvalue weighted by Gasteiger charge is -2.38. The highest BCUT2D eigenvalue weighted by molar-refractivity contribution is 5.79. The van der Waals surface area contributed by atoms with Crippen LogP contribution < -0.4 is 4.90 Å². The molecule has 0 spiro atoms. The van der Waals surface area contributed by atoms with Gasteiger partial charge in [0, 0.05) is 57.0 Å². The zero-order valence-electron chi connectivity index (χ0n) is 19.1. The van der Waals surface area contributed by atoms with Crippen molar-refractivity contribution in [3.05, 3.63) is 46.0 Å². The summed E-state index contributed by atoms with van der Waals surface area (Å²) in [5, 5.41) is 20.4. The van der Waals surface area contributed by atoms with Gasteiger partial charge in [0.05, 0.1) is 4.92 Å². The van der Waals surface area contributed by atoms with Gasteiger partial charge in [0.25, 0.3) is 5.69 Å². The lowest BCUT2D eigenvalue weighted by molar-refractivity contribution is -0.384. The van der Waals surface area contributed by atoms with E-state index >= 15 is 0 Å². The lowest BCUT2D eigenvalue weighted by Crippen LogP contribution is -2.46. The van der Waals surface area contributed by atoms with Crippen molar-refractivity contribution < 1.29 is 9.72 Å². The van der Waals surface area contributed by atoms with Crippen molar-refractivity contribution in [1.29, 1.82) is 0 Å². The van der Waals surface area contributed by atoms with Gasteiger partial charge >= 0.3 is 0 Å². The van der Waals surface area contributed by atoms with Crippen molar-refractivity contribution in [2.45, 2.75) is 63.8 Å². The van der Waals surface area contributed by atoms with Gasteiger partial charge in [-0.2, -0.15) is 0 Å². The quantitative estimate of drug-likeness (QED) is 0.520. The predicted octanol–water partition coefficient (Wildman–Crippen LogP) is 3.54. The van der Waals surface area contributed by atoms with E-state index in [4.69, 9.17) is 0 Å². The largest absolute Gasteiger partial charge is 0.366 e. The summed E-state index contributed by atoms with van der Waals surface area (Å²) >= 11 is 0. The van der Waals surface area contributed by atoms with Crippen molar-refractivity contribution in [3.63, 3.8) is 0 Å². The highest BCUT2D eigenvalue weighted by Crippen LogP contribution is 2.33. The maximum atomic E-state index is 13.4. The predicted molar refractivity (Wildman–Crippen MR) is 124 cm³/mol. The molecule has 0 aliphatic carbocycles. The van der Waals surface area contributed by atoms with Gasteiger partial charge in [-0.1, -0.05) is 18.6 Å². The number of aromatic nitrogens is 3. The second kappa shape index (κ2) is 9.49. The monoisotopic (exact) mass is 452 g/mol. The summed E-state index contributed by atoms with van der Waals surface area (Å²) in [6.07, 6.45) is 8.09. The van der Waals surface area contributed by atoms with E-state index in [0.717, 1.165) is 63.4 Å². The van der Waals surface area contributed by atoms with Crippen LogP contribution >= 0.6 is 0 Å². The number of hydrogen-bond acceptors (Lipinski definition) is 6. The number of carbonyl (C=O) groups is 1. The van der Waals surface area contributed by atoms with Crippen molar-refractivity contribution >= 4 is 17.3 Å². The average molecular weight is 453 g/mol. The van der Waals surface area contributed by atoms with Gasteiger partial charge in [0.1, 0.15) is 17.3 Å². The summed E-state index contributed by atoms with van der Waals surface area (Å²) < 4.78 is 2.32. The lowest BCUT2D eigenvalue weighted by atomic mass is 9.91. The van der Waals surface area contributed by atoms with Crippen LogP contribution in [0.4, 0.5) is 11.4 Å². The molecule has 0 bridgehead atoms. The third-order valence-corrected chi connectivity index (χ3v) is 7.50. The Hall–Kier alpha value is -2.97. The average Bonchev–Trinajstić information content (AvgIpc) is 3.12. The molecule has 3 aliphatic heterocycles. The van der Waals surface area contributed by atoms with E-state index in [1.807, 2.05) is 15.9 Å². The van der Waals surface area contributed by atoms with E-state index < -0.39 is 0 Å². The number of likely N-dealkylation sites (tertiary alicyclic amines) is 1. The molecule has 0 radical (unpaired) electrons.